The molecule has 23 heavy (non-hydrogen) atoms. The molecule has 1 heterocycles. The van der Waals surface area contributed by atoms with Crippen LogP contribution in [0.3, 0.4) is 0 Å². The number of benzene rings is 2. The minimum Gasteiger partial charge on any atom is -0.493 e. The van der Waals surface area contributed by atoms with Gasteiger partial charge in [-0.25, -0.2) is 4.68 Å². The largest absolute Gasteiger partial charge is 0.493 e. The average molecular weight is 308 g/mol. The normalized spacial score (nSPS) is 10.6. The highest BCUT2D eigenvalue weighted by Crippen LogP contribution is 2.35. The predicted octanol–water partition coefficient (Wildman–Crippen LogP) is 4.17. The molecule has 0 spiro atoms. The van der Waals surface area contributed by atoms with Gasteiger partial charge < -0.3 is 9.47 Å². The molecule has 0 atom stereocenters. The molecule has 118 valence electrons. The SMILES string of the molecule is COc1ccc(-c2c(C)nn(-c3ccccc3)c2C)cc1OC. The van der Waals surface area contributed by atoms with Crippen LogP contribution in [0.2, 0.25) is 0 Å². The van der Waals surface area contributed by atoms with Gasteiger partial charge in [-0.3, -0.25) is 0 Å². The minimum absolute atomic E-state index is 0.719. The lowest BCUT2D eigenvalue weighted by Gasteiger charge is -2.10. The molecule has 4 nitrogen and oxygen atoms in total. The topological polar surface area (TPSA) is 36.3 Å². The molecule has 0 aliphatic carbocycles. The van der Waals surface area contributed by atoms with Gasteiger partial charge in [0, 0.05) is 11.3 Å². The van der Waals surface area contributed by atoms with Gasteiger partial charge in [0.1, 0.15) is 0 Å². The molecule has 0 radical (unpaired) electrons. The predicted molar refractivity (Wildman–Crippen MR) is 91.6 cm³/mol. The first-order chi connectivity index (χ1) is 11.2. The van der Waals surface area contributed by atoms with Crippen molar-refractivity contribution in [2.45, 2.75) is 13.8 Å². The molecule has 0 amide bonds. The third kappa shape index (κ3) is 2.68. The van der Waals surface area contributed by atoms with E-state index in [0.29, 0.717) is 0 Å². The van der Waals surface area contributed by atoms with Crippen molar-refractivity contribution < 1.29 is 9.47 Å². The van der Waals surface area contributed by atoms with E-state index >= 15 is 0 Å². The van der Waals surface area contributed by atoms with Crippen molar-refractivity contribution in [2.75, 3.05) is 14.2 Å². The molecule has 1 aromatic heterocycles. The van der Waals surface area contributed by atoms with Crippen molar-refractivity contribution in [1.29, 1.82) is 0 Å². The molecule has 3 aromatic rings. The summed E-state index contributed by atoms with van der Waals surface area (Å²) in [7, 11) is 3.29. The third-order valence-electron chi connectivity index (χ3n) is 3.96. The van der Waals surface area contributed by atoms with Crippen LogP contribution in [0.5, 0.6) is 11.5 Å². The number of rotatable bonds is 4. The molecule has 4 heteroatoms. The van der Waals surface area contributed by atoms with E-state index in [9.17, 15) is 0 Å². The molecule has 0 bridgehead atoms. The Bertz CT molecular complexity index is 823. The molecule has 0 aliphatic heterocycles. The van der Waals surface area contributed by atoms with Crippen LogP contribution in [-0.2, 0) is 0 Å². The van der Waals surface area contributed by atoms with Crippen LogP contribution in [0.1, 0.15) is 11.4 Å². The Morgan fingerprint density at radius 1 is 0.870 bits per heavy atom. The molecular formula is C19H20N2O2. The Labute approximate surface area is 136 Å². The fourth-order valence-corrected chi connectivity index (χ4v) is 2.87. The molecule has 2 aromatic carbocycles. The van der Waals surface area contributed by atoms with E-state index in [1.165, 1.54) is 0 Å². The zero-order valence-corrected chi connectivity index (χ0v) is 13.8. The number of methoxy groups -OCH3 is 2. The second kappa shape index (κ2) is 6.16. The van der Waals surface area contributed by atoms with E-state index in [1.807, 2.05) is 48.0 Å². The molecule has 0 fully saturated rings. The highest BCUT2D eigenvalue weighted by molar-refractivity contribution is 5.72. The Morgan fingerprint density at radius 3 is 2.22 bits per heavy atom. The van der Waals surface area contributed by atoms with Crippen molar-refractivity contribution >= 4 is 0 Å². The van der Waals surface area contributed by atoms with Gasteiger partial charge in [-0.15, -0.1) is 0 Å². The van der Waals surface area contributed by atoms with Crippen LogP contribution in [0.25, 0.3) is 16.8 Å². The first-order valence-corrected chi connectivity index (χ1v) is 7.49. The van der Waals surface area contributed by atoms with E-state index in [-0.39, 0.29) is 0 Å². The summed E-state index contributed by atoms with van der Waals surface area (Å²) in [6.07, 6.45) is 0. The maximum atomic E-state index is 5.42. The van der Waals surface area contributed by atoms with E-state index in [4.69, 9.17) is 14.6 Å². The summed E-state index contributed by atoms with van der Waals surface area (Å²) in [6.45, 7) is 4.11. The van der Waals surface area contributed by atoms with Crippen LogP contribution in [0, 0.1) is 13.8 Å². The molecule has 0 N–H and O–H groups in total. The van der Waals surface area contributed by atoms with Gasteiger partial charge in [0.2, 0.25) is 0 Å². The number of aromatic nitrogens is 2. The maximum absolute atomic E-state index is 5.42. The Kier molecular flexibility index (Phi) is 4.06. The standard InChI is InChI=1S/C19H20N2O2/c1-13-19(15-10-11-17(22-3)18(12-15)23-4)14(2)21(20-13)16-8-6-5-7-9-16/h5-12H,1-4H3. The van der Waals surface area contributed by atoms with Crippen LogP contribution < -0.4 is 9.47 Å². The fourth-order valence-electron chi connectivity index (χ4n) is 2.87. The monoisotopic (exact) mass is 308 g/mol. The van der Waals surface area contributed by atoms with E-state index in [1.54, 1.807) is 14.2 Å². The Balaban J connectivity index is 2.13. The zero-order chi connectivity index (χ0) is 16.4. The minimum atomic E-state index is 0.719. The van der Waals surface area contributed by atoms with Gasteiger partial charge in [-0.05, 0) is 43.7 Å². The van der Waals surface area contributed by atoms with Gasteiger partial charge in [0.25, 0.3) is 0 Å². The zero-order valence-electron chi connectivity index (χ0n) is 13.8. The highest BCUT2D eigenvalue weighted by atomic mass is 16.5. The Morgan fingerprint density at radius 2 is 1.57 bits per heavy atom. The van der Waals surface area contributed by atoms with Crippen molar-refractivity contribution in [3.05, 3.63) is 59.9 Å². The maximum Gasteiger partial charge on any atom is 0.161 e. The lowest BCUT2D eigenvalue weighted by molar-refractivity contribution is 0.355. The summed E-state index contributed by atoms with van der Waals surface area (Å²) in [5.74, 6) is 1.44. The van der Waals surface area contributed by atoms with Crippen LogP contribution >= 0.6 is 0 Å². The fraction of sp³-hybridized carbons (Fsp3) is 0.211. The van der Waals surface area contributed by atoms with Crippen molar-refractivity contribution in [2.24, 2.45) is 0 Å². The molecule has 0 saturated heterocycles. The number of hydrogen-bond donors (Lipinski definition) is 0. The lowest BCUT2D eigenvalue weighted by Crippen LogP contribution is -1.98. The highest BCUT2D eigenvalue weighted by Gasteiger charge is 2.16. The third-order valence-corrected chi connectivity index (χ3v) is 3.96. The van der Waals surface area contributed by atoms with Crippen molar-refractivity contribution in [1.82, 2.24) is 9.78 Å². The first-order valence-electron chi connectivity index (χ1n) is 7.49. The number of ether oxygens (including phenoxy) is 2. The van der Waals surface area contributed by atoms with Crippen LogP contribution in [0.4, 0.5) is 0 Å². The van der Waals surface area contributed by atoms with Gasteiger partial charge in [-0.1, -0.05) is 24.3 Å². The summed E-state index contributed by atoms with van der Waals surface area (Å²) >= 11 is 0. The number of aryl methyl sites for hydroxylation is 1. The summed E-state index contributed by atoms with van der Waals surface area (Å²) in [5.41, 5.74) is 5.33. The lowest BCUT2D eigenvalue weighted by atomic mass is 10.0. The second-order valence-corrected chi connectivity index (χ2v) is 5.36. The molecule has 0 unspecified atom stereocenters. The van der Waals surface area contributed by atoms with Crippen LogP contribution in [-0.4, -0.2) is 24.0 Å². The summed E-state index contributed by atoms with van der Waals surface area (Å²) in [4.78, 5) is 0. The van der Waals surface area contributed by atoms with E-state index in [0.717, 1.165) is 39.7 Å². The van der Waals surface area contributed by atoms with Crippen molar-refractivity contribution in [3.8, 4) is 28.3 Å². The smallest absolute Gasteiger partial charge is 0.161 e. The van der Waals surface area contributed by atoms with Gasteiger partial charge in [0.15, 0.2) is 11.5 Å². The number of hydrogen-bond acceptors (Lipinski definition) is 3. The first kappa shape index (κ1) is 15.2. The van der Waals surface area contributed by atoms with Crippen LogP contribution in [0.15, 0.2) is 48.5 Å². The number of para-hydroxylation sites is 1. The van der Waals surface area contributed by atoms with Gasteiger partial charge in [0.05, 0.1) is 25.6 Å². The van der Waals surface area contributed by atoms with Gasteiger partial charge in [-0.2, -0.15) is 5.10 Å². The summed E-state index contributed by atoms with van der Waals surface area (Å²) in [5, 5.41) is 4.70. The van der Waals surface area contributed by atoms with Crippen molar-refractivity contribution in [3.63, 3.8) is 0 Å². The Hall–Kier alpha value is -2.75. The van der Waals surface area contributed by atoms with Gasteiger partial charge >= 0.3 is 0 Å². The molecular weight excluding hydrogens is 288 g/mol. The summed E-state index contributed by atoms with van der Waals surface area (Å²) in [6, 6.07) is 16.1. The van der Waals surface area contributed by atoms with E-state index in [2.05, 4.69) is 19.1 Å². The summed E-state index contributed by atoms with van der Waals surface area (Å²) < 4.78 is 12.7. The molecule has 3 rings (SSSR count). The quantitative estimate of drug-likeness (QED) is 0.725. The van der Waals surface area contributed by atoms with E-state index < -0.39 is 0 Å². The molecule has 0 saturated carbocycles. The average Bonchev–Trinajstić information content (AvgIpc) is 2.89. The second-order valence-electron chi connectivity index (χ2n) is 5.36. The molecule has 0 aliphatic rings. The number of nitrogens with zero attached hydrogens (tertiary/aromatic N) is 2.